The van der Waals surface area contributed by atoms with Crippen LogP contribution in [0.5, 0.6) is 0 Å². The number of likely N-dealkylation sites (N-methyl/N-ethyl adjacent to an activating group) is 1. The van der Waals surface area contributed by atoms with Gasteiger partial charge in [0.25, 0.3) is 0 Å². The third-order valence-corrected chi connectivity index (χ3v) is 7.47. The third kappa shape index (κ3) is 5.07. The minimum Gasteiger partial charge on any atom is -0.343 e. The van der Waals surface area contributed by atoms with Crippen LogP contribution in [-0.2, 0) is 11.3 Å². The van der Waals surface area contributed by atoms with Crippen molar-refractivity contribution in [3.05, 3.63) is 107 Å². The molecule has 36 heavy (non-hydrogen) atoms. The molecule has 0 bridgehead atoms. The Labute approximate surface area is 213 Å². The molecule has 1 fully saturated rings. The molecule has 1 aliphatic rings. The molecule has 186 valence electrons. The van der Waals surface area contributed by atoms with Crippen molar-refractivity contribution in [3.8, 4) is 0 Å². The molecule has 1 saturated heterocycles. The van der Waals surface area contributed by atoms with Crippen molar-refractivity contribution in [1.29, 1.82) is 0 Å². The van der Waals surface area contributed by atoms with Crippen molar-refractivity contribution >= 4 is 16.8 Å². The number of fused-ring (bicyclic) bond motifs is 1. The van der Waals surface area contributed by atoms with E-state index in [1.54, 1.807) is 6.07 Å². The first kappa shape index (κ1) is 24.3. The van der Waals surface area contributed by atoms with E-state index in [2.05, 4.69) is 46.9 Å². The molecule has 1 aliphatic heterocycles. The van der Waals surface area contributed by atoms with Crippen LogP contribution >= 0.6 is 0 Å². The molecule has 0 spiro atoms. The molecule has 0 radical (unpaired) electrons. The van der Waals surface area contributed by atoms with Crippen LogP contribution in [0.4, 0.5) is 4.39 Å². The van der Waals surface area contributed by atoms with Crippen LogP contribution in [0.25, 0.3) is 10.9 Å². The number of nitrogens with zero attached hydrogens (tertiary/aromatic N) is 3. The molecule has 5 heteroatoms. The van der Waals surface area contributed by atoms with Gasteiger partial charge < -0.3 is 14.4 Å². The predicted octanol–water partition coefficient (Wildman–Crippen LogP) is 5.82. The monoisotopic (exact) mass is 483 g/mol. The number of amides is 1. The number of aryl methyl sites for hydroxylation is 1. The molecule has 1 atom stereocenters. The number of carbonyl (C=O) groups is 1. The van der Waals surface area contributed by atoms with Crippen molar-refractivity contribution in [2.45, 2.75) is 32.7 Å². The van der Waals surface area contributed by atoms with Crippen LogP contribution in [0.3, 0.4) is 0 Å². The predicted molar refractivity (Wildman–Crippen MR) is 144 cm³/mol. The summed E-state index contributed by atoms with van der Waals surface area (Å²) >= 11 is 0. The SMILES string of the molecule is CCN1CCN(C(=O)C[C@@H](c2cc(C)ccc2F)c2cn(Cc3ccccc3)c3ccccc23)CC1. The van der Waals surface area contributed by atoms with Gasteiger partial charge in [0.2, 0.25) is 5.91 Å². The Kier molecular flexibility index (Phi) is 7.19. The molecular formula is C31H34FN3O. The highest BCUT2D eigenvalue weighted by molar-refractivity contribution is 5.87. The van der Waals surface area contributed by atoms with Gasteiger partial charge in [-0.1, -0.05) is 73.2 Å². The van der Waals surface area contributed by atoms with Crippen molar-refractivity contribution in [2.75, 3.05) is 32.7 Å². The smallest absolute Gasteiger partial charge is 0.223 e. The second kappa shape index (κ2) is 10.7. The molecule has 2 heterocycles. The van der Waals surface area contributed by atoms with E-state index in [1.807, 2.05) is 48.2 Å². The molecular weight excluding hydrogens is 449 g/mol. The van der Waals surface area contributed by atoms with E-state index in [9.17, 15) is 4.79 Å². The fourth-order valence-electron chi connectivity index (χ4n) is 5.40. The topological polar surface area (TPSA) is 28.5 Å². The summed E-state index contributed by atoms with van der Waals surface area (Å²) in [6.07, 6.45) is 2.39. The number of hydrogen-bond donors (Lipinski definition) is 0. The summed E-state index contributed by atoms with van der Waals surface area (Å²) < 4.78 is 17.5. The zero-order valence-corrected chi connectivity index (χ0v) is 21.2. The number of halogens is 1. The fourth-order valence-corrected chi connectivity index (χ4v) is 5.40. The standard InChI is InChI=1S/C31H34FN3O/c1-3-33-15-17-34(18-16-33)31(36)20-26(27-19-23(2)13-14-29(27)32)28-22-35(21-24-9-5-4-6-10-24)30-12-8-7-11-25(28)30/h4-14,19,22,26H,3,15-18,20-21H2,1-2H3/t26-/m0/s1. The lowest BCUT2D eigenvalue weighted by atomic mass is 9.86. The summed E-state index contributed by atoms with van der Waals surface area (Å²) in [5.74, 6) is -0.519. The number of carbonyl (C=O) groups excluding carboxylic acids is 1. The normalized spacial score (nSPS) is 15.4. The second-order valence-electron chi connectivity index (χ2n) is 9.81. The quantitative estimate of drug-likeness (QED) is 0.331. The molecule has 1 amide bonds. The summed E-state index contributed by atoms with van der Waals surface area (Å²) in [6, 6.07) is 23.8. The lowest BCUT2D eigenvalue weighted by molar-refractivity contribution is -0.133. The average Bonchev–Trinajstić information content (AvgIpc) is 3.27. The van der Waals surface area contributed by atoms with Crippen molar-refractivity contribution in [1.82, 2.24) is 14.4 Å². The molecule has 3 aromatic carbocycles. The highest BCUT2D eigenvalue weighted by Crippen LogP contribution is 2.37. The van der Waals surface area contributed by atoms with E-state index in [0.717, 1.165) is 61.3 Å². The number of para-hydroxylation sites is 1. The van der Waals surface area contributed by atoms with Gasteiger partial charge in [0.15, 0.2) is 0 Å². The van der Waals surface area contributed by atoms with E-state index in [-0.39, 0.29) is 24.1 Å². The van der Waals surface area contributed by atoms with E-state index in [4.69, 9.17) is 0 Å². The summed E-state index contributed by atoms with van der Waals surface area (Å²) in [5.41, 5.74) is 4.89. The van der Waals surface area contributed by atoms with Crippen LogP contribution < -0.4 is 0 Å². The number of benzene rings is 3. The van der Waals surface area contributed by atoms with Gasteiger partial charge in [0.1, 0.15) is 5.82 Å². The van der Waals surface area contributed by atoms with Crippen LogP contribution in [-0.4, -0.2) is 53.0 Å². The molecule has 0 saturated carbocycles. The van der Waals surface area contributed by atoms with Crippen molar-refractivity contribution < 1.29 is 9.18 Å². The maximum absolute atomic E-state index is 15.3. The molecule has 4 nitrogen and oxygen atoms in total. The minimum atomic E-state index is -0.358. The number of piperazine rings is 1. The van der Waals surface area contributed by atoms with E-state index in [1.165, 1.54) is 11.6 Å². The molecule has 0 N–H and O–H groups in total. The highest BCUT2D eigenvalue weighted by atomic mass is 19.1. The minimum absolute atomic E-state index is 0.0940. The van der Waals surface area contributed by atoms with Gasteiger partial charge in [0.05, 0.1) is 0 Å². The van der Waals surface area contributed by atoms with Crippen LogP contribution in [0.1, 0.15) is 41.5 Å². The Bertz CT molecular complexity index is 1340. The van der Waals surface area contributed by atoms with Gasteiger partial charge in [-0.2, -0.15) is 0 Å². The maximum atomic E-state index is 15.3. The Morgan fingerprint density at radius 3 is 2.39 bits per heavy atom. The molecule has 1 aromatic heterocycles. The Hall–Kier alpha value is -3.44. The first-order valence-corrected chi connectivity index (χ1v) is 12.9. The molecule has 5 rings (SSSR count). The van der Waals surface area contributed by atoms with Gasteiger partial charge >= 0.3 is 0 Å². The Morgan fingerprint density at radius 2 is 1.64 bits per heavy atom. The summed E-state index contributed by atoms with van der Waals surface area (Å²) in [5, 5.41) is 1.07. The fraction of sp³-hybridized carbons (Fsp3) is 0.323. The van der Waals surface area contributed by atoms with Crippen molar-refractivity contribution in [2.24, 2.45) is 0 Å². The first-order valence-electron chi connectivity index (χ1n) is 12.9. The average molecular weight is 484 g/mol. The Morgan fingerprint density at radius 1 is 0.917 bits per heavy atom. The van der Waals surface area contributed by atoms with E-state index in [0.29, 0.717) is 5.56 Å². The van der Waals surface area contributed by atoms with E-state index < -0.39 is 0 Å². The molecule has 0 aliphatic carbocycles. The summed E-state index contributed by atoms with van der Waals surface area (Å²) in [4.78, 5) is 17.9. The number of rotatable bonds is 7. The van der Waals surface area contributed by atoms with E-state index >= 15 is 4.39 Å². The maximum Gasteiger partial charge on any atom is 0.223 e. The zero-order chi connectivity index (χ0) is 25.1. The highest BCUT2D eigenvalue weighted by Gasteiger charge is 2.28. The lowest BCUT2D eigenvalue weighted by Crippen LogP contribution is -2.48. The second-order valence-corrected chi connectivity index (χ2v) is 9.81. The van der Waals surface area contributed by atoms with Gasteiger partial charge in [0, 0.05) is 62.2 Å². The van der Waals surface area contributed by atoms with Crippen LogP contribution in [0.15, 0.2) is 79.0 Å². The first-order chi connectivity index (χ1) is 17.5. The third-order valence-electron chi connectivity index (χ3n) is 7.47. The van der Waals surface area contributed by atoms with Gasteiger partial charge in [-0.25, -0.2) is 4.39 Å². The zero-order valence-electron chi connectivity index (χ0n) is 21.2. The van der Waals surface area contributed by atoms with Gasteiger partial charge in [-0.05, 0) is 42.3 Å². The summed E-state index contributed by atoms with van der Waals surface area (Å²) in [7, 11) is 0. The van der Waals surface area contributed by atoms with Crippen molar-refractivity contribution in [3.63, 3.8) is 0 Å². The summed E-state index contributed by atoms with van der Waals surface area (Å²) in [6.45, 7) is 9.09. The molecule has 4 aromatic rings. The van der Waals surface area contributed by atoms with Gasteiger partial charge in [-0.3, -0.25) is 4.79 Å². The largest absolute Gasteiger partial charge is 0.343 e. The Balaban J connectivity index is 1.55. The van der Waals surface area contributed by atoms with Crippen LogP contribution in [0, 0.1) is 12.7 Å². The molecule has 0 unspecified atom stereocenters. The lowest BCUT2D eigenvalue weighted by Gasteiger charge is -2.35. The van der Waals surface area contributed by atoms with Gasteiger partial charge in [-0.15, -0.1) is 0 Å². The number of aromatic nitrogens is 1. The van der Waals surface area contributed by atoms with Crippen LogP contribution in [0.2, 0.25) is 0 Å². The number of hydrogen-bond acceptors (Lipinski definition) is 2.